The molecule has 0 aromatic heterocycles. The molecule has 0 radical (unpaired) electrons. The first-order valence-corrected chi connectivity index (χ1v) is 3.71. The van der Waals surface area contributed by atoms with E-state index in [0.717, 1.165) is 0 Å². The molecule has 0 heterocycles. The molecular formula is C9H11NaO4. The molecule has 0 saturated carbocycles. The fraction of sp³-hybridized carbons (Fsp3) is 0.222. The van der Waals surface area contributed by atoms with Crippen LogP contribution in [0.5, 0.6) is 11.5 Å². The van der Waals surface area contributed by atoms with E-state index in [1.807, 2.05) is 0 Å². The molecule has 0 bridgehead atoms. The Morgan fingerprint density at radius 1 is 1.57 bits per heavy atom. The maximum absolute atomic E-state index is 10.3. The Kier molecular flexibility index (Phi) is 5.60. The van der Waals surface area contributed by atoms with Crippen molar-refractivity contribution in [1.29, 1.82) is 0 Å². The molecule has 0 saturated heterocycles. The second-order valence-electron chi connectivity index (χ2n) is 2.58. The van der Waals surface area contributed by atoms with Crippen LogP contribution in [0, 0.1) is 0 Å². The number of carboxylic acid groups (broad SMARTS) is 1. The topological polar surface area (TPSA) is 66.8 Å². The van der Waals surface area contributed by atoms with Gasteiger partial charge in [0.1, 0.15) is 0 Å². The first-order chi connectivity index (χ1) is 6.13. The molecule has 0 spiro atoms. The molecule has 0 aliphatic carbocycles. The van der Waals surface area contributed by atoms with E-state index in [1.165, 1.54) is 19.2 Å². The average molecular weight is 206 g/mol. The zero-order chi connectivity index (χ0) is 9.84. The van der Waals surface area contributed by atoms with Gasteiger partial charge in [-0.05, 0) is 17.7 Å². The van der Waals surface area contributed by atoms with Gasteiger partial charge in [-0.15, -0.1) is 0 Å². The summed E-state index contributed by atoms with van der Waals surface area (Å²) in [6, 6.07) is 4.46. The van der Waals surface area contributed by atoms with Gasteiger partial charge in [0.05, 0.1) is 13.5 Å². The molecule has 4 nitrogen and oxygen atoms in total. The SMILES string of the molecule is COc1cc(CC(=O)O)ccc1O.[H-].[Na+]. The van der Waals surface area contributed by atoms with Crippen molar-refractivity contribution in [3.63, 3.8) is 0 Å². The van der Waals surface area contributed by atoms with Gasteiger partial charge < -0.3 is 16.4 Å². The second kappa shape index (κ2) is 5.90. The van der Waals surface area contributed by atoms with Crippen molar-refractivity contribution in [3.05, 3.63) is 23.8 Å². The van der Waals surface area contributed by atoms with Crippen LogP contribution in [0.1, 0.15) is 6.99 Å². The molecule has 72 valence electrons. The summed E-state index contributed by atoms with van der Waals surface area (Å²) in [5, 5.41) is 17.7. The molecular weight excluding hydrogens is 195 g/mol. The van der Waals surface area contributed by atoms with Gasteiger partial charge in [0.2, 0.25) is 0 Å². The van der Waals surface area contributed by atoms with Gasteiger partial charge in [-0.25, -0.2) is 0 Å². The summed E-state index contributed by atoms with van der Waals surface area (Å²) < 4.78 is 4.82. The molecule has 1 aromatic rings. The van der Waals surface area contributed by atoms with Crippen LogP contribution in [0.25, 0.3) is 0 Å². The first kappa shape index (κ1) is 13.3. The minimum atomic E-state index is -0.909. The van der Waals surface area contributed by atoms with Gasteiger partial charge in [-0.3, -0.25) is 4.79 Å². The average Bonchev–Trinajstić information content (AvgIpc) is 2.07. The van der Waals surface area contributed by atoms with E-state index in [9.17, 15) is 9.90 Å². The summed E-state index contributed by atoms with van der Waals surface area (Å²) >= 11 is 0. The number of ether oxygens (including phenoxy) is 1. The van der Waals surface area contributed by atoms with Gasteiger partial charge in [0.15, 0.2) is 11.5 Å². The number of aromatic hydroxyl groups is 1. The maximum Gasteiger partial charge on any atom is 1.00 e. The van der Waals surface area contributed by atoms with Crippen molar-refractivity contribution in [2.24, 2.45) is 0 Å². The Bertz CT molecular complexity index is 330. The van der Waals surface area contributed by atoms with Crippen LogP contribution in [0.3, 0.4) is 0 Å². The molecule has 0 fully saturated rings. The molecule has 0 atom stereocenters. The Morgan fingerprint density at radius 3 is 2.71 bits per heavy atom. The van der Waals surface area contributed by atoms with Crippen molar-refractivity contribution in [1.82, 2.24) is 0 Å². The van der Waals surface area contributed by atoms with E-state index in [-0.39, 0.29) is 43.2 Å². The number of carbonyl (C=O) groups is 1. The molecule has 5 heteroatoms. The van der Waals surface area contributed by atoms with Crippen LogP contribution in [-0.2, 0) is 11.2 Å². The number of phenols is 1. The van der Waals surface area contributed by atoms with Gasteiger partial charge in [-0.2, -0.15) is 0 Å². The quantitative estimate of drug-likeness (QED) is 0.569. The Morgan fingerprint density at radius 2 is 2.21 bits per heavy atom. The predicted octanol–water partition coefficient (Wildman–Crippen LogP) is -1.86. The number of hydrogen-bond donors (Lipinski definition) is 2. The molecule has 0 amide bonds. The third-order valence-electron chi connectivity index (χ3n) is 1.60. The minimum Gasteiger partial charge on any atom is -1.00 e. The van der Waals surface area contributed by atoms with Crippen LogP contribution >= 0.6 is 0 Å². The summed E-state index contributed by atoms with van der Waals surface area (Å²) in [6.07, 6.45) is -0.0728. The fourth-order valence-electron chi connectivity index (χ4n) is 1.01. The van der Waals surface area contributed by atoms with E-state index >= 15 is 0 Å². The van der Waals surface area contributed by atoms with Crippen molar-refractivity contribution >= 4 is 5.97 Å². The fourth-order valence-corrected chi connectivity index (χ4v) is 1.01. The molecule has 0 aliphatic rings. The van der Waals surface area contributed by atoms with E-state index < -0.39 is 5.97 Å². The van der Waals surface area contributed by atoms with Crippen molar-refractivity contribution in [2.45, 2.75) is 6.42 Å². The summed E-state index contributed by atoms with van der Waals surface area (Å²) in [5.41, 5.74) is 0.599. The number of methoxy groups -OCH3 is 1. The van der Waals surface area contributed by atoms with Gasteiger partial charge in [0, 0.05) is 0 Å². The van der Waals surface area contributed by atoms with Crippen molar-refractivity contribution in [3.8, 4) is 11.5 Å². The summed E-state index contributed by atoms with van der Waals surface area (Å²) in [5.74, 6) is -0.608. The Hall–Kier alpha value is -0.710. The van der Waals surface area contributed by atoms with Crippen LogP contribution in [-0.4, -0.2) is 23.3 Å². The zero-order valence-corrected chi connectivity index (χ0v) is 10.2. The first-order valence-electron chi connectivity index (χ1n) is 3.71. The van der Waals surface area contributed by atoms with Gasteiger partial charge in [-0.1, -0.05) is 6.07 Å². The van der Waals surface area contributed by atoms with Crippen LogP contribution in [0.15, 0.2) is 18.2 Å². The number of carboxylic acids is 1. The smallest absolute Gasteiger partial charge is 1.00 e. The van der Waals surface area contributed by atoms with Crippen molar-refractivity contribution in [2.75, 3.05) is 7.11 Å². The van der Waals surface area contributed by atoms with Gasteiger partial charge in [0.25, 0.3) is 0 Å². The predicted molar refractivity (Wildman–Crippen MR) is 47.1 cm³/mol. The zero-order valence-electron chi connectivity index (χ0n) is 9.15. The maximum atomic E-state index is 10.3. The monoisotopic (exact) mass is 206 g/mol. The molecule has 2 N–H and O–H groups in total. The Balaban J connectivity index is 0. The number of hydrogen-bond acceptors (Lipinski definition) is 3. The standard InChI is InChI=1S/C9H10O4.Na.H/c1-13-8-4-6(5-9(11)12)2-3-7(8)10;;/h2-4,10H,5H2,1H3,(H,11,12);;/q;+1;-1. The molecule has 0 unspecified atom stereocenters. The minimum absolute atomic E-state index is 0. The van der Waals surface area contributed by atoms with Crippen LogP contribution < -0.4 is 34.3 Å². The summed E-state index contributed by atoms with van der Waals surface area (Å²) in [6.45, 7) is 0. The molecule has 14 heavy (non-hydrogen) atoms. The van der Waals surface area contributed by atoms with E-state index in [4.69, 9.17) is 9.84 Å². The number of aliphatic carboxylic acids is 1. The summed E-state index contributed by atoms with van der Waals surface area (Å²) in [7, 11) is 1.42. The van der Waals surface area contributed by atoms with E-state index in [1.54, 1.807) is 6.07 Å². The second-order valence-corrected chi connectivity index (χ2v) is 2.58. The van der Waals surface area contributed by atoms with Crippen LogP contribution in [0.2, 0.25) is 0 Å². The van der Waals surface area contributed by atoms with Crippen LogP contribution in [0.4, 0.5) is 0 Å². The third kappa shape index (κ3) is 3.57. The third-order valence-corrected chi connectivity index (χ3v) is 1.60. The number of phenolic OH excluding ortho intramolecular Hbond substituents is 1. The van der Waals surface area contributed by atoms with Gasteiger partial charge >= 0.3 is 35.5 Å². The molecule has 0 aliphatic heterocycles. The van der Waals surface area contributed by atoms with E-state index in [0.29, 0.717) is 11.3 Å². The summed E-state index contributed by atoms with van der Waals surface area (Å²) in [4.78, 5) is 10.3. The largest absolute Gasteiger partial charge is 1.00 e. The molecule has 1 rings (SSSR count). The Labute approximate surface area is 105 Å². The number of rotatable bonds is 3. The molecule has 1 aromatic carbocycles. The van der Waals surface area contributed by atoms with E-state index in [2.05, 4.69) is 0 Å². The number of benzene rings is 1. The van der Waals surface area contributed by atoms with Crippen molar-refractivity contribution < 1.29 is 50.7 Å². The normalized spacial score (nSPS) is 8.93.